The number of anilines is 1. The van der Waals surface area contributed by atoms with E-state index in [4.69, 9.17) is 16.3 Å². The Hall–Kier alpha value is -4.00. The minimum atomic E-state index is -0.725. The molecule has 0 spiro atoms. The number of pyridine rings is 1. The molecule has 2 amide bonds. The highest BCUT2D eigenvalue weighted by Gasteiger charge is 2.41. The molecule has 3 aromatic rings. The third-order valence-corrected chi connectivity index (χ3v) is 7.07. The molecule has 1 aliphatic heterocycles. The van der Waals surface area contributed by atoms with Crippen molar-refractivity contribution in [1.82, 2.24) is 4.98 Å². The van der Waals surface area contributed by atoms with Gasteiger partial charge in [-0.25, -0.2) is 14.7 Å². The van der Waals surface area contributed by atoms with E-state index in [2.05, 4.69) is 11.1 Å². The zero-order valence-corrected chi connectivity index (χ0v) is 21.4. The van der Waals surface area contributed by atoms with Crippen molar-refractivity contribution in [2.45, 2.75) is 30.5 Å². The van der Waals surface area contributed by atoms with Crippen LogP contribution in [-0.4, -0.2) is 40.4 Å². The normalized spacial score (nSPS) is 15.0. The molecule has 4 rings (SSSR count). The van der Waals surface area contributed by atoms with Gasteiger partial charge in [0, 0.05) is 22.7 Å². The van der Waals surface area contributed by atoms with Crippen molar-refractivity contribution in [3.8, 4) is 6.07 Å². The van der Waals surface area contributed by atoms with E-state index in [0.717, 1.165) is 22.2 Å². The monoisotopic (exact) mass is 533 g/mol. The second kappa shape index (κ2) is 10.9. The predicted molar refractivity (Wildman–Crippen MR) is 138 cm³/mol. The summed E-state index contributed by atoms with van der Waals surface area (Å²) in [6.07, 6.45) is -0.0420. The predicted octanol–water partition coefficient (Wildman–Crippen LogP) is 4.69. The van der Waals surface area contributed by atoms with E-state index in [1.54, 1.807) is 44.2 Å². The molecule has 1 aromatic heterocycles. The fourth-order valence-electron chi connectivity index (χ4n) is 3.81. The van der Waals surface area contributed by atoms with Crippen LogP contribution in [0, 0.1) is 25.2 Å². The number of ketones is 1. The second-order valence-electron chi connectivity index (χ2n) is 8.30. The zero-order chi connectivity index (χ0) is 26.7. The molecule has 1 saturated heterocycles. The van der Waals surface area contributed by atoms with Crippen molar-refractivity contribution < 1.29 is 23.9 Å². The van der Waals surface area contributed by atoms with E-state index in [0.29, 0.717) is 32.6 Å². The van der Waals surface area contributed by atoms with Crippen LogP contribution in [0.3, 0.4) is 0 Å². The Morgan fingerprint density at radius 2 is 1.76 bits per heavy atom. The number of benzene rings is 2. The summed E-state index contributed by atoms with van der Waals surface area (Å²) in [6.45, 7) is 3.15. The molecule has 2 heterocycles. The lowest BCUT2D eigenvalue weighted by Crippen LogP contribution is -2.31. The fourth-order valence-corrected chi connectivity index (χ4v) is 5.15. The zero-order valence-electron chi connectivity index (χ0n) is 19.9. The van der Waals surface area contributed by atoms with E-state index in [1.807, 2.05) is 0 Å². The Balaban J connectivity index is 1.42. The lowest BCUT2D eigenvalue weighted by Gasteiger charge is -2.15. The van der Waals surface area contributed by atoms with Gasteiger partial charge in [-0.2, -0.15) is 5.26 Å². The number of amides is 2. The molecule has 0 aliphatic carbocycles. The minimum absolute atomic E-state index is 0.0420. The number of hydrogen-bond donors (Lipinski definition) is 0. The fraction of sp³-hybridized carbons (Fsp3) is 0.185. The minimum Gasteiger partial charge on any atom is -0.454 e. The maximum atomic E-state index is 13.1. The van der Waals surface area contributed by atoms with Crippen LogP contribution in [0.1, 0.15) is 44.0 Å². The first-order valence-corrected chi connectivity index (χ1v) is 12.4. The van der Waals surface area contributed by atoms with Crippen LogP contribution in [0.4, 0.5) is 5.69 Å². The molecule has 1 atom stereocenters. The van der Waals surface area contributed by atoms with Crippen LogP contribution in [0.2, 0.25) is 5.02 Å². The van der Waals surface area contributed by atoms with Crippen molar-refractivity contribution >= 4 is 52.6 Å². The molecule has 186 valence electrons. The summed E-state index contributed by atoms with van der Waals surface area (Å²) in [7, 11) is 0. The molecular formula is C27H20ClN3O5S. The van der Waals surface area contributed by atoms with Gasteiger partial charge in [0.1, 0.15) is 11.1 Å². The molecule has 0 saturated carbocycles. The molecule has 37 heavy (non-hydrogen) atoms. The maximum absolute atomic E-state index is 13.1. The van der Waals surface area contributed by atoms with E-state index < -0.39 is 29.6 Å². The van der Waals surface area contributed by atoms with Crippen LogP contribution >= 0.6 is 23.4 Å². The Bertz CT molecular complexity index is 1450. The SMILES string of the molecule is Cc1cc(C)c(C#N)c(SC2CC(=O)N(c3ccc(C(=O)OCC(=O)c4ccc(Cl)cc4)cc3)C2=O)n1. The number of ether oxygens (including phenoxy) is 1. The number of carbonyl (C=O) groups is 4. The first-order chi connectivity index (χ1) is 17.7. The Kier molecular flexibility index (Phi) is 7.71. The largest absolute Gasteiger partial charge is 0.454 e. The summed E-state index contributed by atoms with van der Waals surface area (Å²) >= 11 is 6.91. The first kappa shape index (κ1) is 26.1. The molecule has 10 heteroatoms. The molecule has 1 unspecified atom stereocenters. The van der Waals surface area contributed by atoms with Gasteiger partial charge in [0.15, 0.2) is 12.4 Å². The number of halogens is 1. The average molecular weight is 534 g/mol. The summed E-state index contributed by atoms with van der Waals surface area (Å²) in [4.78, 5) is 55.8. The Labute approximate surface area is 222 Å². The smallest absolute Gasteiger partial charge is 0.338 e. The van der Waals surface area contributed by atoms with Crippen LogP contribution in [0.25, 0.3) is 0 Å². The molecule has 1 aliphatic rings. The van der Waals surface area contributed by atoms with Crippen LogP contribution in [-0.2, 0) is 14.3 Å². The van der Waals surface area contributed by atoms with E-state index in [-0.39, 0.29) is 17.8 Å². The lowest BCUT2D eigenvalue weighted by molar-refractivity contribution is -0.121. The molecule has 0 radical (unpaired) electrons. The standard InChI is InChI=1S/C27H20ClN3O5S/c1-15-11-16(2)30-25(21(15)13-29)37-23-12-24(33)31(26(23)34)20-9-5-18(6-10-20)27(35)36-14-22(32)17-3-7-19(28)8-4-17/h3-11,23H,12,14H2,1-2H3. The number of imide groups is 1. The average Bonchev–Trinajstić information content (AvgIpc) is 3.15. The highest BCUT2D eigenvalue weighted by Crippen LogP contribution is 2.35. The maximum Gasteiger partial charge on any atom is 0.338 e. The van der Waals surface area contributed by atoms with Gasteiger partial charge in [-0.05, 0) is 74.0 Å². The van der Waals surface area contributed by atoms with Gasteiger partial charge < -0.3 is 4.74 Å². The van der Waals surface area contributed by atoms with Gasteiger partial charge in [0.25, 0.3) is 0 Å². The van der Waals surface area contributed by atoms with Crippen molar-refractivity contribution in [3.63, 3.8) is 0 Å². The van der Waals surface area contributed by atoms with Gasteiger partial charge in [0.2, 0.25) is 11.8 Å². The molecule has 8 nitrogen and oxygen atoms in total. The second-order valence-corrected chi connectivity index (χ2v) is 9.93. The van der Waals surface area contributed by atoms with Gasteiger partial charge in [-0.3, -0.25) is 14.4 Å². The van der Waals surface area contributed by atoms with Crippen molar-refractivity contribution in [2.75, 3.05) is 11.5 Å². The third kappa shape index (κ3) is 5.71. The summed E-state index contributed by atoms with van der Waals surface area (Å²) < 4.78 is 5.10. The Morgan fingerprint density at radius 1 is 1.11 bits per heavy atom. The van der Waals surface area contributed by atoms with Gasteiger partial charge in [-0.15, -0.1) is 0 Å². The number of aromatic nitrogens is 1. The number of aryl methyl sites for hydroxylation is 2. The van der Waals surface area contributed by atoms with Gasteiger partial charge >= 0.3 is 5.97 Å². The number of esters is 1. The summed E-state index contributed by atoms with van der Waals surface area (Å²) in [5, 5.41) is 9.67. The summed E-state index contributed by atoms with van der Waals surface area (Å²) in [5.74, 6) is -1.92. The molecule has 0 bridgehead atoms. The van der Waals surface area contributed by atoms with Crippen LogP contribution in [0.15, 0.2) is 59.6 Å². The van der Waals surface area contributed by atoms with Crippen LogP contribution in [0.5, 0.6) is 0 Å². The highest BCUT2D eigenvalue weighted by molar-refractivity contribution is 8.00. The number of nitrogens with zero attached hydrogens (tertiary/aromatic N) is 3. The van der Waals surface area contributed by atoms with E-state index in [1.165, 1.54) is 24.3 Å². The molecule has 1 fully saturated rings. The van der Waals surface area contributed by atoms with Crippen molar-refractivity contribution in [3.05, 3.63) is 87.6 Å². The highest BCUT2D eigenvalue weighted by atomic mass is 35.5. The van der Waals surface area contributed by atoms with E-state index in [9.17, 15) is 24.4 Å². The number of rotatable bonds is 7. The topological polar surface area (TPSA) is 117 Å². The van der Waals surface area contributed by atoms with E-state index >= 15 is 0 Å². The van der Waals surface area contributed by atoms with Gasteiger partial charge in [0.05, 0.1) is 22.1 Å². The lowest BCUT2D eigenvalue weighted by atomic mass is 10.1. The van der Waals surface area contributed by atoms with Gasteiger partial charge in [-0.1, -0.05) is 23.4 Å². The number of Topliss-reactive ketones (excluding diaryl/α,β-unsaturated/α-hetero) is 1. The summed E-state index contributed by atoms with van der Waals surface area (Å²) in [5.41, 5.74) is 2.68. The number of hydrogen-bond acceptors (Lipinski definition) is 8. The van der Waals surface area contributed by atoms with Crippen molar-refractivity contribution in [1.29, 1.82) is 5.26 Å². The number of thioether (sulfide) groups is 1. The van der Waals surface area contributed by atoms with Crippen LogP contribution < -0.4 is 4.90 Å². The summed E-state index contributed by atoms with van der Waals surface area (Å²) in [6, 6.07) is 15.9. The molecule has 2 aromatic carbocycles. The van der Waals surface area contributed by atoms with Crippen molar-refractivity contribution in [2.24, 2.45) is 0 Å². The number of carbonyl (C=O) groups excluding carboxylic acids is 4. The first-order valence-electron chi connectivity index (χ1n) is 11.2. The quantitative estimate of drug-likeness (QED) is 0.244. The number of nitriles is 1. The molecule has 0 N–H and O–H groups in total. The third-order valence-electron chi connectivity index (χ3n) is 5.64. The molecular weight excluding hydrogens is 514 g/mol. The Morgan fingerprint density at radius 3 is 2.41 bits per heavy atom.